The fourth-order valence-corrected chi connectivity index (χ4v) is 4.10. The highest BCUT2D eigenvalue weighted by Gasteiger charge is 2.17. The first kappa shape index (κ1) is 20.0. The minimum absolute atomic E-state index is 0.0301. The molecule has 2 aromatic heterocycles. The number of carbonyl (C=O) groups excluding carboxylic acids is 1. The predicted octanol–water partition coefficient (Wildman–Crippen LogP) is 1.02. The van der Waals surface area contributed by atoms with Gasteiger partial charge in [0.2, 0.25) is 11.9 Å². The molecule has 0 aliphatic heterocycles. The summed E-state index contributed by atoms with van der Waals surface area (Å²) in [6, 6.07) is 1.83. The molecule has 26 heavy (non-hydrogen) atoms. The largest absolute Gasteiger partial charge is 0.370 e. The summed E-state index contributed by atoms with van der Waals surface area (Å²) in [6.07, 6.45) is 1.21. The molecular weight excluding hydrogens is 378 g/mol. The van der Waals surface area contributed by atoms with Crippen LogP contribution in [0, 0.1) is 6.92 Å². The van der Waals surface area contributed by atoms with Crippen molar-refractivity contribution in [2.45, 2.75) is 25.0 Å². The van der Waals surface area contributed by atoms with Gasteiger partial charge < -0.3 is 16.0 Å². The summed E-state index contributed by atoms with van der Waals surface area (Å²) in [5, 5.41) is 8.77. The summed E-state index contributed by atoms with van der Waals surface area (Å²) in [5.41, 5.74) is 0.800. The van der Waals surface area contributed by atoms with E-state index in [1.54, 1.807) is 0 Å². The van der Waals surface area contributed by atoms with E-state index in [0.717, 1.165) is 23.6 Å². The van der Waals surface area contributed by atoms with E-state index in [9.17, 15) is 13.2 Å². The number of aromatic nitrogens is 3. The molecule has 2 rings (SSSR count). The zero-order valence-electron chi connectivity index (χ0n) is 14.7. The first-order valence-electron chi connectivity index (χ1n) is 7.86. The lowest BCUT2D eigenvalue weighted by molar-refractivity contribution is -0.114. The number of carbonyl (C=O) groups is 1. The summed E-state index contributed by atoms with van der Waals surface area (Å²) in [4.78, 5) is 23.4. The average Bonchev–Trinajstić information content (AvgIpc) is 3.00. The van der Waals surface area contributed by atoms with Crippen molar-refractivity contribution < 1.29 is 13.2 Å². The van der Waals surface area contributed by atoms with E-state index in [0.29, 0.717) is 18.3 Å². The lowest BCUT2D eigenvalue weighted by atomic mass is 10.4. The summed E-state index contributed by atoms with van der Waals surface area (Å²) in [7, 11) is -3.69. The maximum absolute atomic E-state index is 12.2. The Morgan fingerprint density at radius 2 is 2.00 bits per heavy atom. The Morgan fingerprint density at radius 1 is 1.23 bits per heavy atom. The number of anilines is 3. The van der Waals surface area contributed by atoms with Crippen LogP contribution >= 0.6 is 11.3 Å². The number of aryl methyl sites for hydroxylation is 1. The molecule has 10 nitrogen and oxygen atoms in total. The van der Waals surface area contributed by atoms with Gasteiger partial charge in [-0.3, -0.25) is 4.79 Å². The number of sulfonamides is 1. The Hall–Kier alpha value is -2.31. The molecule has 0 spiro atoms. The zero-order chi connectivity index (χ0) is 19.2. The van der Waals surface area contributed by atoms with Crippen molar-refractivity contribution in [3.05, 3.63) is 18.0 Å². The molecule has 142 valence electrons. The molecule has 0 aromatic carbocycles. The minimum Gasteiger partial charge on any atom is -0.370 e. The van der Waals surface area contributed by atoms with Crippen molar-refractivity contribution in [1.82, 2.24) is 19.7 Å². The van der Waals surface area contributed by atoms with E-state index in [1.165, 1.54) is 13.1 Å². The third kappa shape index (κ3) is 5.89. The maximum Gasteiger partial charge on any atom is 0.251 e. The van der Waals surface area contributed by atoms with Gasteiger partial charge in [-0.1, -0.05) is 11.3 Å². The Balaban J connectivity index is 1.88. The SMILES string of the molecule is CCNc1cc(C)nc(NCCNS(=O)(=O)c2cnc(NC(C)=O)s2)n1. The van der Waals surface area contributed by atoms with Crippen LogP contribution in [-0.4, -0.2) is 48.9 Å². The van der Waals surface area contributed by atoms with Crippen molar-refractivity contribution in [1.29, 1.82) is 0 Å². The monoisotopic (exact) mass is 399 g/mol. The number of nitrogens with zero attached hydrogens (tertiary/aromatic N) is 3. The van der Waals surface area contributed by atoms with Crippen LogP contribution in [0.2, 0.25) is 0 Å². The lowest BCUT2D eigenvalue weighted by Crippen LogP contribution is -2.28. The van der Waals surface area contributed by atoms with Crippen LogP contribution in [0.15, 0.2) is 16.5 Å². The van der Waals surface area contributed by atoms with E-state index >= 15 is 0 Å². The summed E-state index contributed by atoms with van der Waals surface area (Å²) < 4.78 is 26.9. The standard InChI is InChI=1S/C14H21N7O3S2/c1-4-15-11-7-9(2)19-13(21-11)16-5-6-18-26(23,24)12-8-17-14(25-12)20-10(3)22/h7-8,18H,4-6H2,1-3H3,(H,17,20,22)(H2,15,16,19,21). The van der Waals surface area contributed by atoms with E-state index in [-0.39, 0.29) is 21.8 Å². The van der Waals surface area contributed by atoms with Gasteiger partial charge in [0, 0.05) is 38.3 Å². The fourth-order valence-electron chi connectivity index (χ4n) is 1.94. The topological polar surface area (TPSA) is 138 Å². The number of rotatable bonds is 9. The van der Waals surface area contributed by atoms with Gasteiger partial charge in [-0.15, -0.1) is 0 Å². The van der Waals surface area contributed by atoms with E-state index in [4.69, 9.17) is 0 Å². The van der Waals surface area contributed by atoms with Crippen LogP contribution in [-0.2, 0) is 14.8 Å². The number of thiazole rings is 1. The molecule has 0 saturated carbocycles. The van der Waals surface area contributed by atoms with Gasteiger partial charge in [0.25, 0.3) is 10.0 Å². The van der Waals surface area contributed by atoms with Gasteiger partial charge in [-0.05, 0) is 13.8 Å². The van der Waals surface area contributed by atoms with Crippen molar-refractivity contribution in [3.8, 4) is 0 Å². The van der Waals surface area contributed by atoms with Gasteiger partial charge in [0.05, 0.1) is 6.20 Å². The first-order chi connectivity index (χ1) is 12.3. The second-order valence-electron chi connectivity index (χ2n) is 5.24. The van der Waals surface area contributed by atoms with Crippen LogP contribution in [0.5, 0.6) is 0 Å². The molecule has 0 aliphatic carbocycles. The van der Waals surface area contributed by atoms with Crippen molar-refractivity contribution in [3.63, 3.8) is 0 Å². The molecule has 0 aliphatic rings. The van der Waals surface area contributed by atoms with Gasteiger partial charge in [-0.25, -0.2) is 23.1 Å². The van der Waals surface area contributed by atoms with Crippen molar-refractivity contribution in [2.24, 2.45) is 0 Å². The minimum atomic E-state index is -3.69. The fraction of sp³-hybridized carbons (Fsp3) is 0.429. The van der Waals surface area contributed by atoms with Crippen LogP contribution in [0.25, 0.3) is 0 Å². The molecule has 0 fully saturated rings. The molecule has 4 N–H and O–H groups in total. The quantitative estimate of drug-likeness (QED) is 0.459. The Kier molecular flexibility index (Phi) is 6.83. The Bertz CT molecular complexity index is 867. The molecule has 1 amide bonds. The molecule has 12 heteroatoms. The van der Waals surface area contributed by atoms with Crippen LogP contribution in [0.3, 0.4) is 0 Å². The molecule has 2 heterocycles. The molecule has 0 radical (unpaired) electrons. The molecule has 0 atom stereocenters. The van der Waals surface area contributed by atoms with Crippen molar-refractivity contribution in [2.75, 3.05) is 35.6 Å². The number of amides is 1. The number of hydrogen-bond acceptors (Lipinski definition) is 9. The normalized spacial score (nSPS) is 11.2. The van der Waals surface area contributed by atoms with E-state index in [1.807, 2.05) is 19.9 Å². The van der Waals surface area contributed by atoms with Crippen molar-refractivity contribution >= 4 is 44.2 Å². The highest BCUT2D eigenvalue weighted by Crippen LogP contribution is 2.22. The van der Waals surface area contributed by atoms with E-state index in [2.05, 4.69) is 35.6 Å². The van der Waals surface area contributed by atoms with Crippen LogP contribution in [0.1, 0.15) is 19.5 Å². The molecule has 0 unspecified atom stereocenters. The highest BCUT2D eigenvalue weighted by molar-refractivity contribution is 7.91. The highest BCUT2D eigenvalue weighted by atomic mass is 32.2. The summed E-state index contributed by atoms with van der Waals surface area (Å²) in [6.45, 7) is 6.34. The van der Waals surface area contributed by atoms with Crippen LogP contribution < -0.4 is 20.7 Å². The molecule has 0 saturated heterocycles. The molecule has 0 bridgehead atoms. The summed E-state index contributed by atoms with van der Waals surface area (Å²) in [5.74, 6) is 0.819. The van der Waals surface area contributed by atoms with E-state index < -0.39 is 10.0 Å². The molecular formula is C14H21N7O3S2. The third-order valence-electron chi connectivity index (χ3n) is 2.94. The first-order valence-corrected chi connectivity index (χ1v) is 10.2. The molecule has 2 aromatic rings. The number of hydrogen-bond donors (Lipinski definition) is 4. The van der Waals surface area contributed by atoms with Gasteiger partial charge in [0.1, 0.15) is 5.82 Å². The smallest absolute Gasteiger partial charge is 0.251 e. The summed E-state index contributed by atoms with van der Waals surface area (Å²) >= 11 is 0.885. The van der Waals surface area contributed by atoms with Gasteiger partial charge >= 0.3 is 0 Å². The maximum atomic E-state index is 12.2. The van der Waals surface area contributed by atoms with Crippen LogP contribution in [0.4, 0.5) is 16.9 Å². The second kappa shape index (κ2) is 8.87. The number of nitrogens with one attached hydrogen (secondary N) is 4. The predicted molar refractivity (Wildman–Crippen MR) is 101 cm³/mol. The van der Waals surface area contributed by atoms with Gasteiger partial charge in [0.15, 0.2) is 9.34 Å². The zero-order valence-corrected chi connectivity index (χ0v) is 16.3. The second-order valence-corrected chi connectivity index (χ2v) is 8.26. The third-order valence-corrected chi connectivity index (χ3v) is 5.78. The lowest BCUT2D eigenvalue weighted by Gasteiger charge is -2.09. The Morgan fingerprint density at radius 3 is 2.69 bits per heavy atom. The average molecular weight is 400 g/mol. The van der Waals surface area contributed by atoms with Gasteiger partial charge in [-0.2, -0.15) is 4.98 Å². The Labute approximate surface area is 155 Å².